The van der Waals surface area contributed by atoms with E-state index in [9.17, 15) is 19.8 Å². The minimum Gasteiger partial charge on any atom is -0.459 e. The Bertz CT molecular complexity index is 507. The number of aliphatic hydroxyl groups excluding tert-OH is 2. The number of rotatable bonds is 2. The number of carbonyl (C=O) groups is 2. The first-order valence-corrected chi connectivity index (χ1v) is 10.1. The molecule has 0 radical (unpaired) electrons. The number of cyclic esters (lactones) is 1. The van der Waals surface area contributed by atoms with Crippen LogP contribution in [0.3, 0.4) is 0 Å². The summed E-state index contributed by atoms with van der Waals surface area (Å²) < 4.78 is 11.2. The second-order valence-corrected chi connectivity index (χ2v) is 8.76. The number of esters is 1. The molecule has 0 aromatic heterocycles. The summed E-state index contributed by atoms with van der Waals surface area (Å²) in [6.07, 6.45) is -1.18. The molecular weight excluding hydrogens is 348 g/mol. The Labute approximate surface area is 163 Å². The van der Waals surface area contributed by atoms with Crippen LogP contribution in [0.1, 0.15) is 67.2 Å². The van der Waals surface area contributed by atoms with Crippen LogP contribution in [0.25, 0.3) is 0 Å². The Morgan fingerprint density at radius 3 is 2.19 bits per heavy atom. The van der Waals surface area contributed by atoms with Crippen molar-refractivity contribution in [1.29, 1.82) is 0 Å². The number of ether oxygens (including phenoxy) is 2. The quantitative estimate of drug-likeness (QED) is 0.709. The van der Waals surface area contributed by atoms with Gasteiger partial charge in [0.25, 0.3) is 0 Å². The minimum absolute atomic E-state index is 0.121. The van der Waals surface area contributed by atoms with Gasteiger partial charge in [0.05, 0.1) is 17.6 Å². The highest BCUT2D eigenvalue weighted by Crippen LogP contribution is 2.33. The Hall–Kier alpha value is -0.980. The van der Waals surface area contributed by atoms with Gasteiger partial charge >= 0.3 is 5.97 Å². The van der Waals surface area contributed by atoms with E-state index in [2.05, 4.69) is 6.92 Å². The van der Waals surface area contributed by atoms with Crippen molar-refractivity contribution in [2.45, 2.75) is 91.1 Å². The molecular formula is C21H38O6. The van der Waals surface area contributed by atoms with Gasteiger partial charge in [0.2, 0.25) is 0 Å². The monoisotopic (exact) mass is 386 g/mol. The van der Waals surface area contributed by atoms with E-state index < -0.39 is 29.8 Å². The molecule has 2 N–H and O–H groups in total. The molecule has 1 aliphatic heterocycles. The van der Waals surface area contributed by atoms with Crippen molar-refractivity contribution in [1.82, 2.24) is 0 Å². The molecule has 0 aromatic carbocycles. The van der Waals surface area contributed by atoms with Crippen molar-refractivity contribution >= 4 is 11.8 Å². The van der Waals surface area contributed by atoms with Crippen LogP contribution in [0, 0.1) is 23.7 Å². The van der Waals surface area contributed by atoms with E-state index in [-0.39, 0.29) is 29.5 Å². The fourth-order valence-electron chi connectivity index (χ4n) is 4.31. The minimum atomic E-state index is -1.30. The highest BCUT2D eigenvalue weighted by atomic mass is 16.6. The van der Waals surface area contributed by atoms with Crippen LogP contribution < -0.4 is 0 Å². The molecule has 158 valence electrons. The Kier molecular flexibility index (Phi) is 8.90. The van der Waals surface area contributed by atoms with Gasteiger partial charge in [-0.25, -0.2) is 0 Å². The average Bonchev–Trinajstić information content (AvgIpc) is 2.62. The first kappa shape index (κ1) is 24.1. The summed E-state index contributed by atoms with van der Waals surface area (Å²) >= 11 is 0. The van der Waals surface area contributed by atoms with Gasteiger partial charge in [-0.15, -0.1) is 0 Å². The Morgan fingerprint density at radius 2 is 1.67 bits per heavy atom. The maximum atomic E-state index is 12.8. The average molecular weight is 387 g/mol. The number of Topliss-reactive ketones (excluding diaryl/α,β-unsaturated/α-hetero) is 1. The topological polar surface area (TPSA) is 93.1 Å². The maximum absolute atomic E-state index is 12.8. The highest BCUT2D eigenvalue weighted by Gasteiger charge is 2.39. The van der Waals surface area contributed by atoms with Crippen LogP contribution in [0.5, 0.6) is 0 Å². The van der Waals surface area contributed by atoms with Gasteiger partial charge in [0.1, 0.15) is 18.0 Å². The smallest absolute Gasteiger partial charge is 0.309 e. The van der Waals surface area contributed by atoms with Crippen LogP contribution in [0.15, 0.2) is 0 Å². The molecule has 1 aliphatic rings. The van der Waals surface area contributed by atoms with Gasteiger partial charge in [-0.05, 0) is 38.5 Å². The molecule has 1 saturated heterocycles. The molecule has 0 aromatic rings. The van der Waals surface area contributed by atoms with E-state index in [1.165, 1.54) is 0 Å². The molecule has 3 unspecified atom stereocenters. The largest absolute Gasteiger partial charge is 0.459 e. The van der Waals surface area contributed by atoms with Gasteiger partial charge < -0.3 is 19.7 Å². The lowest BCUT2D eigenvalue weighted by Gasteiger charge is -2.36. The zero-order chi connectivity index (χ0) is 20.9. The van der Waals surface area contributed by atoms with E-state index in [1.807, 2.05) is 20.8 Å². The maximum Gasteiger partial charge on any atom is 0.309 e. The summed E-state index contributed by atoms with van der Waals surface area (Å²) in [5.74, 6) is -1.70. The van der Waals surface area contributed by atoms with Crippen molar-refractivity contribution in [2.75, 3.05) is 7.11 Å². The lowest BCUT2D eigenvalue weighted by molar-refractivity contribution is -0.168. The number of methoxy groups -OCH3 is 1. The summed E-state index contributed by atoms with van der Waals surface area (Å²) in [7, 11) is 1.64. The van der Waals surface area contributed by atoms with Crippen LogP contribution in [0.2, 0.25) is 0 Å². The molecule has 0 bridgehead atoms. The summed E-state index contributed by atoms with van der Waals surface area (Å²) in [6.45, 7) is 11.1. The molecule has 1 rings (SSSR count). The SMILES string of the molecule is CC[C@@H]1OC(=O)[C@H](C)CC(C)CC(C)(OC)CC(C)C(=O)[C@H](C)[C@@H](O)[C@@H]1O. The van der Waals surface area contributed by atoms with E-state index in [0.29, 0.717) is 19.3 Å². The molecule has 0 amide bonds. The van der Waals surface area contributed by atoms with E-state index in [0.717, 1.165) is 6.42 Å². The molecule has 1 heterocycles. The predicted octanol–water partition coefficient (Wildman–Crippen LogP) is 2.73. The van der Waals surface area contributed by atoms with Crippen molar-refractivity contribution < 1.29 is 29.3 Å². The standard InChI is InChI=1S/C21H38O6/c1-8-16-19(24)18(23)15(5)17(22)14(4)11-21(6,26-7)10-12(2)9-13(3)20(25)27-16/h12-16,18-19,23-24H,8-11H2,1-7H3/t12?,13-,14?,15+,16+,18-,19-,21?/m1/s1. The predicted molar refractivity (Wildman–Crippen MR) is 103 cm³/mol. The van der Waals surface area contributed by atoms with Gasteiger partial charge in [-0.1, -0.05) is 34.6 Å². The molecule has 0 spiro atoms. The Morgan fingerprint density at radius 1 is 1.07 bits per heavy atom. The number of aliphatic hydroxyl groups is 2. The summed E-state index contributed by atoms with van der Waals surface area (Å²) in [6, 6.07) is 0. The number of hydrogen-bond acceptors (Lipinski definition) is 6. The number of carbonyl (C=O) groups excluding carboxylic acids is 2. The van der Waals surface area contributed by atoms with Crippen LogP contribution in [-0.2, 0) is 19.1 Å². The van der Waals surface area contributed by atoms with Gasteiger partial charge in [-0.2, -0.15) is 0 Å². The Balaban J connectivity index is 3.19. The van der Waals surface area contributed by atoms with Crippen LogP contribution in [0.4, 0.5) is 0 Å². The first-order chi connectivity index (χ1) is 12.5. The summed E-state index contributed by atoms with van der Waals surface area (Å²) in [5.41, 5.74) is -0.503. The molecule has 27 heavy (non-hydrogen) atoms. The molecule has 6 heteroatoms. The normalized spacial score (nSPS) is 43.1. The molecule has 0 saturated carbocycles. The first-order valence-electron chi connectivity index (χ1n) is 10.1. The summed E-state index contributed by atoms with van der Waals surface area (Å²) in [5, 5.41) is 21.1. The van der Waals surface area contributed by atoms with Crippen molar-refractivity contribution in [3.63, 3.8) is 0 Å². The molecule has 8 atom stereocenters. The third-order valence-corrected chi connectivity index (χ3v) is 6.02. The zero-order valence-electron chi connectivity index (χ0n) is 17.9. The number of hydrogen-bond donors (Lipinski definition) is 2. The second-order valence-electron chi connectivity index (χ2n) is 8.76. The van der Waals surface area contributed by atoms with Gasteiger partial charge in [0, 0.05) is 18.9 Å². The fraction of sp³-hybridized carbons (Fsp3) is 0.905. The molecule has 6 nitrogen and oxygen atoms in total. The van der Waals surface area contributed by atoms with E-state index in [1.54, 1.807) is 21.0 Å². The second kappa shape index (κ2) is 9.99. The lowest BCUT2D eigenvalue weighted by Crippen LogP contribution is -2.47. The molecule has 0 aliphatic carbocycles. The van der Waals surface area contributed by atoms with Crippen LogP contribution in [-0.4, -0.2) is 53.0 Å². The van der Waals surface area contributed by atoms with Crippen LogP contribution >= 0.6 is 0 Å². The van der Waals surface area contributed by atoms with E-state index in [4.69, 9.17) is 9.47 Å². The third-order valence-electron chi connectivity index (χ3n) is 6.02. The van der Waals surface area contributed by atoms with Crippen molar-refractivity contribution in [3.8, 4) is 0 Å². The fourth-order valence-corrected chi connectivity index (χ4v) is 4.31. The molecule has 1 fully saturated rings. The lowest BCUT2D eigenvalue weighted by atomic mass is 9.78. The van der Waals surface area contributed by atoms with Crippen molar-refractivity contribution in [3.05, 3.63) is 0 Å². The van der Waals surface area contributed by atoms with E-state index >= 15 is 0 Å². The summed E-state index contributed by atoms with van der Waals surface area (Å²) in [4.78, 5) is 25.3. The van der Waals surface area contributed by atoms with Gasteiger partial charge in [-0.3, -0.25) is 9.59 Å². The van der Waals surface area contributed by atoms with Crippen molar-refractivity contribution in [2.24, 2.45) is 23.7 Å². The highest BCUT2D eigenvalue weighted by molar-refractivity contribution is 5.83. The van der Waals surface area contributed by atoms with Gasteiger partial charge in [0.15, 0.2) is 0 Å². The number of ketones is 1. The zero-order valence-corrected chi connectivity index (χ0v) is 17.9. The third kappa shape index (κ3) is 6.26.